The average Bonchev–Trinajstić information content (AvgIpc) is 2.55. The van der Waals surface area contributed by atoms with Crippen LogP contribution in [-0.2, 0) is 0 Å². The third-order valence-electron chi connectivity index (χ3n) is 3.47. The summed E-state index contributed by atoms with van der Waals surface area (Å²) in [6, 6.07) is 13.8. The van der Waals surface area contributed by atoms with Gasteiger partial charge in [-0.3, -0.25) is 0 Å². The first-order chi connectivity index (χ1) is 10.7. The molecule has 0 saturated heterocycles. The molecule has 0 radical (unpaired) electrons. The van der Waals surface area contributed by atoms with E-state index in [9.17, 15) is 4.39 Å². The molecule has 0 saturated carbocycles. The standard InChI is InChI=1S/C17H13FN4/c1-11(13-4-2-3-12(7-13)9-19)22-17-15-8-14(18)5-6-16(15)20-10-21-17/h2-8,10-11H,1H3,(H,20,21,22)/t11-/m0/s1. The van der Waals surface area contributed by atoms with Gasteiger partial charge in [-0.05, 0) is 42.8 Å². The van der Waals surface area contributed by atoms with Crippen LogP contribution in [0.3, 0.4) is 0 Å². The molecule has 0 unspecified atom stereocenters. The minimum Gasteiger partial charge on any atom is -0.363 e. The van der Waals surface area contributed by atoms with Crippen LogP contribution in [-0.4, -0.2) is 9.97 Å². The molecule has 0 spiro atoms. The molecule has 3 aromatic rings. The lowest BCUT2D eigenvalue weighted by Crippen LogP contribution is -2.09. The molecule has 0 aliphatic rings. The second kappa shape index (κ2) is 5.78. The van der Waals surface area contributed by atoms with Gasteiger partial charge in [0.25, 0.3) is 0 Å². The average molecular weight is 292 g/mol. The van der Waals surface area contributed by atoms with Gasteiger partial charge in [0.15, 0.2) is 0 Å². The summed E-state index contributed by atoms with van der Waals surface area (Å²) in [4.78, 5) is 8.33. The van der Waals surface area contributed by atoms with Crippen molar-refractivity contribution >= 4 is 16.7 Å². The quantitative estimate of drug-likeness (QED) is 0.797. The first-order valence-electron chi connectivity index (χ1n) is 6.84. The van der Waals surface area contributed by atoms with Gasteiger partial charge in [-0.25, -0.2) is 14.4 Å². The van der Waals surface area contributed by atoms with E-state index in [1.54, 1.807) is 12.1 Å². The van der Waals surface area contributed by atoms with E-state index in [1.165, 1.54) is 18.5 Å². The molecule has 108 valence electrons. The number of nitrogens with one attached hydrogen (secondary N) is 1. The van der Waals surface area contributed by atoms with Crippen molar-refractivity contribution < 1.29 is 4.39 Å². The van der Waals surface area contributed by atoms with Crippen molar-refractivity contribution in [2.45, 2.75) is 13.0 Å². The number of hydrogen-bond acceptors (Lipinski definition) is 4. The zero-order chi connectivity index (χ0) is 15.5. The number of aromatic nitrogens is 2. The molecule has 1 aromatic heterocycles. The highest BCUT2D eigenvalue weighted by molar-refractivity contribution is 5.88. The molecule has 3 rings (SSSR count). The van der Waals surface area contributed by atoms with Crippen LogP contribution in [0.15, 0.2) is 48.8 Å². The number of nitriles is 1. The van der Waals surface area contributed by atoms with Crippen molar-refractivity contribution in [1.82, 2.24) is 9.97 Å². The van der Waals surface area contributed by atoms with Crippen LogP contribution in [0.25, 0.3) is 10.9 Å². The summed E-state index contributed by atoms with van der Waals surface area (Å²) in [6.45, 7) is 1.96. The Morgan fingerprint density at radius 2 is 2.05 bits per heavy atom. The van der Waals surface area contributed by atoms with E-state index < -0.39 is 0 Å². The minimum absolute atomic E-state index is 0.0744. The predicted molar refractivity (Wildman–Crippen MR) is 82.7 cm³/mol. The summed E-state index contributed by atoms with van der Waals surface area (Å²) in [7, 11) is 0. The molecular weight excluding hydrogens is 279 g/mol. The van der Waals surface area contributed by atoms with Gasteiger partial charge in [0.1, 0.15) is 18.0 Å². The number of fused-ring (bicyclic) bond motifs is 1. The van der Waals surface area contributed by atoms with E-state index in [1.807, 2.05) is 25.1 Å². The van der Waals surface area contributed by atoms with Crippen molar-refractivity contribution in [3.63, 3.8) is 0 Å². The van der Waals surface area contributed by atoms with Crippen LogP contribution in [0.4, 0.5) is 10.2 Å². The fourth-order valence-corrected chi connectivity index (χ4v) is 2.31. The summed E-state index contributed by atoms with van der Waals surface area (Å²) in [6.07, 6.45) is 1.45. The lowest BCUT2D eigenvalue weighted by atomic mass is 10.1. The van der Waals surface area contributed by atoms with Gasteiger partial charge < -0.3 is 5.32 Å². The van der Waals surface area contributed by atoms with E-state index in [2.05, 4.69) is 21.4 Å². The van der Waals surface area contributed by atoms with E-state index in [0.717, 1.165) is 5.56 Å². The number of halogens is 1. The van der Waals surface area contributed by atoms with Crippen molar-refractivity contribution in [2.75, 3.05) is 5.32 Å². The molecule has 2 aromatic carbocycles. The monoisotopic (exact) mass is 292 g/mol. The van der Waals surface area contributed by atoms with Crippen LogP contribution in [0.5, 0.6) is 0 Å². The van der Waals surface area contributed by atoms with Crippen molar-refractivity contribution in [1.29, 1.82) is 5.26 Å². The third-order valence-corrected chi connectivity index (χ3v) is 3.47. The van der Waals surface area contributed by atoms with Crippen molar-refractivity contribution in [2.24, 2.45) is 0 Å². The first kappa shape index (κ1) is 14.0. The van der Waals surface area contributed by atoms with Gasteiger partial charge in [-0.15, -0.1) is 0 Å². The number of hydrogen-bond donors (Lipinski definition) is 1. The van der Waals surface area contributed by atoms with Gasteiger partial charge in [-0.1, -0.05) is 12.1 Å². The highest BCUT2D eigenvalue weighted by atomic mass is 19.1. The van der Waals surface area contributed by atoms with Crippen LogP contribution in [0.2, 0.25) is 0 Å². The zero-order valence-electron chi connectivity index (χ0n) is 11.9. The van der Waals surface area contributed by atoms with Crippen molar-refractivity contribution in [3.8, 4) is 6.07 Å². The fraction of sp³-hybridized carbons (Fsp3) is 0.118. The highest BCUT2D eigenvalue weighted by Crippen LogP contribution is 2.24. The smallest absolute Gasteiger partial charge is 0.137 e. The van der Waals surface area contributed by atoms with E-state index in [-0.39, 0.29) is 11.9 Å². The second-order valence-corrected chi connectivity index (χ2v) is 4.99. The highest BCUT2D eigenvalue weighted by Gasteiger charge is 2.10. The van der Waals surface area contributed by atoms with Crippen molar-refractivity contribution in [3.05, 3.63) is 65.7 Å². The Balaban J connectivity index is 1.95. The van der Waals surface area contributed by atoms with Gasteiger partial charge in [-0.2, -0.15) is 5.26 Å². The molecule has 1 heterocycles. The van der Waals surface area contributed by atoms with Crippen LogP contribution < -0.4 is 5.32 Å². The number of rotatable bonds is 3. The largest absolute Gasteiger partial charge is 0.363 e. The van der Waals surface area contributed by atoms with Gasteiger partial charge in [0, 0.05) is 5.39 Å². The third kappa shape index (κ3) is 2.72. The summed E-state index contributed by atoms with van der Waals surface area (Å²) in [5.74, 6) is 0.240. The minimum atomic E-state index is -0.329. The molecule has 0 aliphatic carbocycles. The van der Waals surface area contributed by atoms with Gasteiger partial charge in [0.2, 0.25) is 0 Å². The Kier molecular flexibility index (Phi) is 3.67. The molecule has 0 bridgehead atoms. The van der Waals surface area contributed by atoms with Crippen LogP contribution in [0, 0.1) is 17.1 Å². The zero-order valence-corrected chi connectivity index (χ0v) is 11.9. The first-order valence-corrected chi connectivity index (χ1v) is 6.84. The van der Waals surface area contributed by atoms with E-state index in [0.29, 0.717) is 22.3 Å². The maximum absolute atomic E-state index is 13.5. The molecule has 22 heavy (non-hydrogen) atoms. The van der Waals surface area contributed by atoms with Crippen LogP contribution >= 0.6 is 0 Å². The van der Waals surface area contributed by atoms with Gasteiger partial charge >= 0.3 is 0 Å². The number of anilines is 1. The molecule has 0 aliphatic heterocycles. The summed E-state index contributed by atoms with van der Waals surface area (Å²) in [5.41, 5.74) is 2.24. The molecule has 0 amide bonds. The van der Waals surface area contributed by atoms with Crippen LogP contribution in [0.1, 0.15) is 24.1 Å². The van der Waals surface area contributed by atoms with Gasteiger partial charge in [0.05, 0.1) is 23.2 Å². The predicted octanol–water partition coefficient (Wildman–Crippen LogP) is 3.81. The Bertz CT molecular complexity index is 870. The molecular formula is C17H13FN4. The normalized spacial score (nSPS) is 11.9. The van der Waals surface area contributed by atoms with E-state index in [4.69, 9.17) is 5.26 Å². The molecule has 1 N–H and O–H groups in total. The molecule has 5 heteroatoms. The Morgan fingerprint density at radius 1 is 1.18 bits per heavy atom. The Morgan fingerprint density at radius 3 is 2.86 bits per heavy atom. The lowest BCUT2D eigenvalue weighted by Gasteiger charge is -2.16. The lowest BCUT2D eigenvalue weighted by molar-refractivity contribution is 0.629. The summed E-state index contributed by atoms with van der Waals surface area (Å²) < 4.78 is 13.5. The maximum Gasteiger partial charge on any atom is 0.137 e. The Hall–Kier alpha value is -3.00. The summed E-state index contributed by atoms with van der Waals surface area (Å²) in [5, 5.41) is 12.9. The SMILES string of the molecule is C[C@H](Nc1ncnc2ccc(F)cc12)c1cccc(C#N)c1. The number of nitrogens with zero attached hydrogens (tertiary/aromatic N) is 3. The van der Waals surface area contributed by atoms with E-state index >= 15 is 0 Å². The number of benzene rings is 2. The summed E-state index contributed by atoms with van der Waals surface area (Å²) >= 11 is 0. The Labute approximate surface area is 127 Å². The topological polar surface area (TPSA) is 61.6 Å². The maximum atomic E-state index is 13.5. The fourth-order valence-electron chi connectivity index (χ4n) is 2.31. The molecule has 0 fully saturated rings. The second-order valence-electron chi connectivity index (χ2n) is 4.99. The molecule has 1 atom stereocenters. The molecule has 4 nitrogen and oxygen atoms in total.